The number of anilines is 1. The van der Waals surface area contributed by atoms with Crippen LogP contribution >= 0.6 is 15.9 Å². The fraction of sp³-hybridized carbons (Fsp3) is 0.286. The number of hydrogen-bond acceptors (Lipinski definition) is 3. The summed E-state index contributed by atoms with van der Waals surface area (Å²) in [6.45, 7) is 4.18. The monoisotopic (exact) mass is 321 g/mol. The van der Waals surface area contributed by atoms with Crippen LogP contribution in [0.2, 0.25) is 0 Å². The van der Waals surface area contributed by atoms with Gasteiger partial charge in [0.05, 0.1) is 11.9 Å². The van der Waals surface area contributed by atoms with Crippen molar-refractivity contribution in [3.8, 4) is 0 Å². The largest absolute Gasteiger partial charge is 0.376 e. The summed E-state index contributed by atoms with van der Waals surface area (Å²) in [5, 5.41) is 9.44. The first-order valence-electron chi connectivity index (χ1n) is 6.20. The molecule has 1 unspecified atom stereocenters. The lowest BCUT2D eigenvalue weighted by Crippen LogP contribution is -2.14. The van der Waals surface area contributed by atoms with Gasteiger partial charge >= 0.3 is 0 Å². The zero-order valence-corrected chi connectivity index (χ0v) is 12.5. The third kappa shape index (κ3) is 3.23. The van der Waals surface area contributed by atoms with Crippen molar-refractivity contribution in [2.45, 2.75) is 26.3 Å². The lowest BCUT2D eigenvalue weighted by Gasteiger charge is -2.16. The lowest BCUT2D eigenvalue weighted by atomic mass is 10.0. The maximum Gasteiger partial charge on any atom is 0.280 e. The van der Waals surface area contributed by atoms with Gasteiger partial charge in [-0.25, -0.2) is 5.10 Å². The zero-order valence-electron chi connectivity index (χ0n) is 10.9. The highest BCUT2D eigenvalue weighted by atomic mass is 79.9. The Labute approximate surface area is 120 Å². The summed E-state index contributed by atoms with van der Waals surface area (Å²) in [6, 6.07) is 8.55. The first kappa shape index (κ1) is 13.8. The fourth-order valence-corrected chi connectivity index (χ4v) is 2.15. The van der Waals surface area contributed by atoms with Crippen LogP contribution < -0.4 is 10.9 Å². The molecule has 1 aromatic heterocycles. The van der Waals surface area contributed by atoms with E-state index in [-0.39, 0.29) is 11.6 Å². The minimum atomic E-state index is -0.237. The van der Waals surface area contributed by atoms with Crippen LogP contribution in [0, 0.1) is 0 Å². The van der Waals surface area contributed by atoms with Gasteiger partial charge in [-0.15, -0.1) is 0 Å². The molecule has 0 aliphatic carbocycles. The summed E-state index contributed by atoms with van der Waals surface area (Å²) in [6.07, 6.45) is 2.63. The van der Waals surface area contributed by atoms with Crippen molar-refractivity contribution in [3.63, 3.8) is 0 Å². The molecule has 1 heterocycles. The molecule has 2 N–H and O–H groups in total. The average Bonchev–Trinajstić information content (AvgIpc) is 2.44. The fourth-order valence-electron chi connectivity index (χ4n) is 1.84. The SMILES string of the molecule is CCc1ccc(C(C)Nc2cn[nH]c(=O)c2Br)cc1. The van der Waals surface area contributed by atoms with Crippen LogP contribution in [0.4, 0.5) is 5.69 Å². The van der Waals surface area contributed by atoms with Crippen molar-refractivity contribution in [2.75, 3.05) is 5.32 Å². The predicted octanol–water partition coefficient (Wildman–Crippen LogP) is 3.27. The van der Waals surface area contributed by atoms with Crippen LogP contribution in [0.25, 0.3) is 0 Å². The molecule has 0 spiro atoms. The van der Waals surface area contributed by atoms with Crippen molar-refractivity contribution < 1.29 is 0 Å². The Bertz CT molecular complexity index is 607. The molecule has 4 nitrogen and oxygen atoms in total. The van der Waals surface area contributed by atoms with Crippen molar-refractivity contribution in [3.05, 3.63) is 56.4 Å². The molecule has 0 amide bonds. The molecular weight excluding hydrogens is 306 g/mol. The van der Waals surface area contributed by atoms with E-state index in [9.17, 15) is 4.79 Å². The Hall–Kier alpha value is -1.62. The van der Waals surface area contributed by atoms with E-state index >= 15 is 0 Å². The Kier molecular flexibility index (Phi) is 4.37. The number of aryl methyl sites for hydroxylation is 1. The molecule has 1 aromatic carbocycles. The van der Waals surface area contributed by atoms with E-state index in [1.165, 1.54) is 11.1 Å². The molecule has 2 aromatic rings. The number of halogens is 1. The van der Waals surface area contributed by atoms with E-state index in [1.807, 2.05) is 0 Å². The average molecular weight is 322 g/mol. The van der Waals surface area contributed by atoms with Gasteiger partial charge in [0, 0.05) is 6.04 Å². The standard InChI is InChI=1S/C14H16BrN3O/c1-3-10-4-6-11(7-5-10)9(2)17-12-8-16-18-14(19)13(12)15/h4-9H,3H2,1-2H3,(H2,17,18,19). The van der Waals surface area contributed by atoms with Gasteiger partial charge in [0.15, 0.2) is 0 Å². The van der Waals surface area contributed by atoms with Crippen LogP contribution in [0.15, 0.2) is 39.7 Å². The summed E-state index contributed by atoms with van der Waals surface area (Å²) >= 11 is 3.26. The van der Waals surface area contributed by atoms with Gasteiger partial charge in [0.25, 0.3) is 5.56 Å². The second kappa shape index (κ2) is 6.02. The van der Waals surface area contributed by atoms with Crippen molar-refractivity contribution in [1.82, 2.24) is 10.2 Å². The topological polar surface area (TPSA) is 57.8 Å². The number of rotatable bonds is 4. The van der Waals surface area contributed by atoms with Gasteiger partial charge in [0.2, 0.25) is 0 Å². The van der Waals surface area contributed by atoms with Crippen molar-refractivity contribution in [1.29, 1.82) is 0 Å². The Morgan fingerprint density at radius 2 is 2.05 bits per heavy atom. The van der Waals surface area contributed by atoms with E-state index in [0.717, 1.165) is 6.42 Å². The van der Waals surface area contributed by atoms with Gasteiger partial charge in [-0.05, 0) is 40.4 Å². The molecule has 1 atom stereocenters. The zero-order chi connectivity index (χ0) is 13.8. The molecule has 0 radical (unpaired) electrons. The minimum Gasteiger partial charge on any atom is -0.376 e. The van der Waals surface area contributed by atoms with E-state index in [1.54, 1.807) is 6.20 Å². The number of aromatic amines is 1. The van der Waals surface area contributed by atoms with Gasteiger partial charge < -0.3 is 5.32 Å². The van der Waals surface area contributed by atoms with Crippen LogP contribution in [-0.4, -0.2) is 10.2 Å². The number of nitrogens with zero attached hydrogens (tertiary/aromatic N) is 1. The molecule has 2 rings (SSSR count). The summed E-state index contributed by atoms with van der Waals surface area (Å²) in [7, 11) is 0. The van der Waals surface area contributed by atoms with Crippen molar-refractivity contribution >= 4 is 21.6 Å². The molecule has 0 fully saturated rings. The van der Waals surface area contributed by atoms with E-state index < -0.39 is 0 Å². The normalized spacial score (nSPS) is 12.2. The molecule has 5 heteroatoms. The van der Waals surface area contributed by atoms with Crippen LogP contribution in [-0.2, 0) is 6.42 Å². The van der Waals surface area contributed by atoms with Gasteiger partial charge in [0.1, 0.15) is 4.47 Å². The Balaban J connectivity index is 2.18. The predicted molar refractivity (Wildman–Crippen MR) is 80.4 cm³/mol. The summed E-state index contributed by atoms with van der Waals surface area (Å²) < 4.78 is 0.472. The van der Waals surface area contributed by atoms with E-state index in [2.05, 4.69) is 69.6 Å². The Morgan fingerprint density at radius 1 is 1.37 bits per heavy atom. The maximum atomic E-state index is 11.4. The van der Waals surface area contributed by atoms with Gasteiger partial charge in [-0.1, -0.05) is 31.2 Å². The molecule has 0 saturated carbocycles. The molecular formula is C14H16BrN3O. The second-order valence-electron chi connectivity index (χ2n) is 4.39. The number of H-pyrrole nitrogens is 1. The number of aromatic nitrogens is 2. The van der Waals surface area contributed by atoms with Gasteiger partial charge in [-0.3, -0.25) is 4.79 Å². The van der Waals surface area contributed by atoms with Crippen LogP contribution in [0.3, 0.4) is 0 Å². The van der Waals surface area contributed by atoms with E-state index in [4.69, 9.17) is 0 Å². The van der Waals surface area contributed by atoms with Crippen LogP contribution in [0.5, 0.6) is 0 Å². The first-order valence-corrected chi connectivity index (χ1v) is 6.99. The highest BCUT2D eigenvalue weighted by Crippen LogP contribution is 2.23. The maximum absolute atomic E-state index is 11.4. The highest BCUT2D eigenvalue weighted by Gasteiger charge is 2.09. The molecule has 19 heavy (non-hydrogen) atoms. The molecule has 0 aliphatic rings. The Morgan fingerprint density at radius 3 is 2.68 bits per heavy atom. The lowest BCUT2D eigenvalue weighted by molar-refractivity contribution is 0.870. The highest BCUT2D eigenvalue weighted by molar-refractivity contribution is 9.10. The molecule has 0 aliphatic heterocycles. The van der Waals surface area contributed by atoms with Crippen LogP contribution in [0.1, 0.15) is 31.0 Å². The number of hydrogen-bond donors (Lipinski definition) is 2. The summed E-state index contributed by atoms with van der Waals surface area (Å²) in [4.78, 5) is 11.4. The quantitative estimate of drug-likeness (QED) is 0.908. The van der Waals surface area contributed by atoms with Gasteiger partial charge in [-0.2, -0.15) is 5.10 Å². The van der Waals surface area contributed by atoms with Crippen molar-refractivity contribution in [2.24, 2.45) is 0 Å². The van der Waals surface area contributed by atoms with E-state index in [0.29, 0.717) is 10.2 Å². The number of benzene rings is 1. The summed E-state index contributed by atoms with van der Waals surface area (Å²) in [5.41, 5.74) is 2.94. The second-order valence-corrected chi connectivity index (χ2v) is 5.18. The summed E-state index contributed by atoms with van der Waals surface area (Å²) in [5.74, 6) is 0. The number of nitrogens with one attached hydrogen (secondary N) is 2. The minimum absolute atomic E-state index is 0.103. The molecule has 0 saturated heterocycles. The smallest absolute Gasteiger partial charge is 0.280 e. The first-order chi connectivity index (χ1) is 9.11. The molecule has 0 bridgehead atoms. The third-order valence-electron chi connectivity index (χ3n) is 3.06. The third-order valence-corrected chi connectivity index (χ3v) is 3.84. The molecule has 100 valence electrons.